The largest absolute Gasteiger partial charge is 0.455 e. The van der Waals surface area contributed by atoms with Crippen LogP contribution < -0.4 is 14.4 Å². The van der Waals surface area contributed by atoms with E-state index < -0.39 is 21.8 Å². The molecule has 1 aliphatic rings. The van der Waals surface area contributed by atoms with Gasteiger partial charge in [-0.2, -0.15) is 13.2 Å². The summed E-state index contributed by atoms with van der Waals surface area (Å²) in [6, 6.07) is 14.0. The fourth-order valence-electron chi connectivity index (χ4n) is 3.83. The van der Waals surface area contributed by atoms with E-state index in [0.29, 0.717) is 30.2 Å². The van der Waals surface area contributed by atoms with Crippen LogP contribution in [-0.2, 0) is 22.6 Å². The van der Waals surface area contributed by atoms with Crippen LogP contribution in [0.2, 0.25) is 0 Å². The number of halogens is 3. The van der Waals surface area contributed by atoms with Gasteiger partial charge in [0.1, 0.15) is 11.5 Å². The molecule has 0 aliphatic carbocycles. The van der Waals surface area contributed by atoms with E-state index in [1.807, 2.05) is 23.1 Å². The molecule has 0 amide bonds. The highest BCUT2D eigenvalue weighted by molar-refractivity contribution is 7.88. The Morgan fingerprint density at radius 2 is 1.88 bits per heavy atom. The van der Waals surface area contributed by atoms with Gasteiger partial charge in [0.05, 0.1) is 18.0 Å². The highest BCUT2D eigenvalue weighted by Gasteiger charge is 2.32. The number of rotatable bonds is 6. The molecule has 1 unspecified atom stereocenters. The minimum absolute atomic E-state index is 0.131. The van der Waals surface area contributed by atoms with Gasteiger partial charge in [-0.15, -0.1) is 0 Å². The van der Waals surface area contributed by atoms with Gasteiger partial charge in [0.15, 0.2) is 0 Å². The van der Waals surface area contributed by atoms with Gasteiger partial charge in [-0.25, -0.2) is 13.1 Å². The summed E-state index contributed by atoms with van der Waals surface area (Å²) in [4.78, 5) is 5.94. The lowest BCUT2D eigenvalue weighted by molar-refractivity contribution is -0.137. The Balaban J connectivity index is 1.71. The number of nitrogens with one attached hydrogen (secondary N) is 1. The Morgan fingerprint density at radius 1 is 1.12 bits per heavy atom. The van der Waals surface area contributed by atoms with E-state index in [-0.39, 0.29) is 12.5 Å². The topological polar surface area (TPSA) is 71.5 Å². The summed E-state index contributed by atoms with van der Waals surface area (Å²) >= 11 is 0. The number of anilines is 2. The van der Waals surface area contributed by atoms with E-state index >= 15 is 0 Å². The van der Waals surface area contributed by atoms with Crippen molar-refractivity contribution in [2.75, 3.05) is 24.2 Å². The number of aromatic nitrogens is 1. The van der Waals surface area contributed by atoms with Crippen molar-refractivity contribution in [1.29, 1.82) is 0 Å². The van der Waals surface area contributed by atoms with Gasteiger partial charge in [0, 0.05) is 36.2 Å². The van der Waals surface area contributed by atoms with E-state index in [1.165, 1.54) is 12.1 Å². The van der Waals surface area contributed by atoms with Gasteiger partial charge in [-0.05, 0) is 60.9 Å². The first-order valence-electron chi connectivity index (χ1n) is 10.2. The normalized spacial score (nSPS) is 16.4. The molecule has 33 heavy (non-hydrogen) atoms. The Kier molecular flexibility index (Phi) is 6.31. The first-order valence-corrected chi connectivity index (χ1v) is 12.1. The van der Waals surface area contributed by atoms with Crippen LogP contribution in [0.3, 0.4) is 0 Å². The molecule has 4 rings (SSSR count). The van der Waals surface area contributed by atoms with Crippen molar-refractivity contribution in [2.45, 2.75) is 12.6 Å². The molecule has 1 N–H and O–H groups in total. The van der Waals surface area contributed by atoms with Crippen molar-refractivity contribution in [3.05, 3.63) is 78.1 Å². The second-order valence-corrected chi connectivity index (χ2v) is 9.72. The number of fused-ring (bicyclic) bond motifs is 1. The summed E-state index contributed by atoms with van der Waals surface area (Å²) in [7, 11) is -3.40. The zero-order valence-electron chi connectivity index (χ0n) is 17.7. The molecule has 1 atom stereocenters. The van der Waals surface area contributed by atoms with Crippen molar-refractivity contribution in [2.24, 2.45) is 5.92 Å². The zero-order chi connectivity index (χ0) is 23.6. The summed E-state index contributed by atoms with van der Waals surface area (Å²) in [6.07, 6.45) is 0.413. The Labute approximate surface area is 190 Å². The maximum Gasteiger partial charge on any atom is 0.416 e. The minimum atomic E-state index is -4.43. The zero-order valence-corrected chi connectivity index (χ0v) is 18.5. The smallest absolute Gasteiger partial charge is 0.416 e. The van der Waals surface area contributed by atoms with Crippen molar-refractivity contribution in [1.82, 2.24) is 9.71 Å². The Hall–Kier alpha value is -3.11. The predicted molar refractivity (Wildman–Crippen MR) is 119 cm³/mol. The second-order valence-electron chi connectivity index (χ2n) is 7.89. The molecule has 0 saturated heterocycles. The number of alkyl halides is 3. The van der Waals surface area contributed by atoms with Gasteiger partial charge < -0.3 is 9.64 Å². The molecule has 1 aromatic heterocycles. The maximum absolute atomic E-state index is 13.0. The number of ether oxygens (including phenoxy) is 1. The van der Waals surface area contributed by atoms with Crippen molar-refractivity contribution in [3.63, 3.8) is 0 Å². The lowest BCUT2D eigenvalue weighted by Crippen LogP contribution is -2.39. The first-order chi connectivity index (χ1) is 15.6. The van der Waals surface area contributed by atoms with E-state index in [2.05, 4.69) is 9.71 Å². The third-order valence-corrected chi connectivity index (χ3v) is 6.03. The molecule has 3 aromatic rings. The Morgan fingerprint density at radius 3 is 2.52 bits per heavy atom. The van der Waals surface area contributed by atoms with E-state index in [0.717, 1.165) is 29.6 Å². The number of hydrogen-bond donors (Lipinski definition) is 1. The standard InChI is InChI=1S/C23H22F3N3O3S/c1-33(30,31)28-13-16-12-20-21(5-2-6-22(20)32-19-4-3-11-27-14-19)29(15-16)18-9-7-17(8-10-18)23(24,25)26/h2-11,14,16,28H,12-13,15H2,1H3. The van der Waals surface area contributed by atoms with Crippen LogP contribution in [0.25, 0.3) is 0 Å². The van der Waals surface area contributed by atoms with Gasteiger partial charge in [0.25, 0.3) is 0 Å². The van der Waals surface area contributed by atoms with Crippen LogP contribution in [0.4, 0.5) is 24.5 Å². The quantitative estimate of drug-likeness (QED) is 0.555. The lowest BCUT2D eigenvalue weighted by atomic mass is 9.91. The average molecular weight is 478 g/mol. The fraction of sp³-hybridized carbons (Fsp3) is 0.261. The predicted octanol–water partition coefficient (Wildman–Crippen LogP) is 4.75. The molecule has 2 aromatic carbocycles. The number of pyridine rings is 1. The molecule has 0 saturated carbocycles. The second kappa shape index (κ2) is 9.03. The summed E-state index contributed by atoms with van der Waals surface area (Å²) in [5.41, 5.74) is 1.49. The third-order valence-electron chi connectivity index (χ3n) is 5.34. The molecule has 0 fully saturated rings. The highest BCUT2D eigenvalue weighted by atomic mass is 32.2. The van der Waals surface area contributed by atoms with Gasteiger partial charge in [-0.1, -0.05) is 6.07 Å². The van der Waals surface area contributed by atoms with E-state index in [1.54, 1.807) is 24.5 Å². The fourth-order valence-corrected chi connectivity index (χ4v) is 4.37. The van der Waals surface area contributed by atoms with E-state index in [4.69, 9.17) is 4.74 Å². The first kappa shape index (κ1) is 23.1. The van der Waals surface area contributed by atoms with Gasteiger partial charge >= 0.3 is 6.18 Å². The van der Waals surface area contributed by atoms with Crippen LogP contribution >= 0.6 is 0 Å². The number of benzene rings is 2. The molecule has 2 heterocycles. The van der Waals surface area contributed by atoms with Crippen LogP contribution in [0.15, 0.2) is 67.0 Å². The summed E-state index contributed by atoms with van der Waals surface area (Å²) in [5, 5.41) is 0. The maximum atomic E-state index is 13.0. The molecule has 0 bridgehead atoms. The van der Waals surface area contributed by atoms with Crippen molar-refractivity contribution < 1.29 is 26.3 Å². The van der Waals surface area contributed by atoms with Gasteiger partial charge in [-0.3, -0.25) is 4.98 Å². The van der Waals surface area contributed by atoms with Crippen LogP contribution in [0.5, 0.6) is 11.5 Å². The molecule has 0 spiro atoms. The van der Waals surface area contributed by atoms with E-state index in [9.17, 15) is 21.6 Å². The lowest BCUT2D eigenvalue weighted by Gasteiger charge is -2.37. The number of hydrogen-bond acceptors (Lipinski definition) is 5. The summed E-state index contributed by atoms with van der Waals surface area (Å²) in [5.74, 6) is 0.998. The number of nitrogens with zero attached hydrogens (tertiary/aromatic N) is 2. The monoisotopic (exact) mass is 477 g/mol. The number of sulfonamides is 1. The highest BCUT2D eigenvalue weighted by Crippen LogP contribution is 2.42. The van der Waals surface area contributed by atoms with Crippen molar-refractivity contribution >= 4 is 21.4 Å². The molecule has 6 nitrogen and oxygen atoms in total. The SMILES string of the molecule is CS(=O)(=O)NCC1Cc2c(Oc3cccnc3)cccc2N(c2ccc(C(F)(F)F)cc2)C1. The van der Waals surface area contributed by atoms with Crippen molar-refractivity contribution in [3.8, 4) is 11.5 Å². The molecular formula is C23H22F3N3O3S. The third kappa shape index (κ3) is 5.63. The summed E-state index contributed by atoms with van der Waals surface area (Å²) < 4.78 is 71.0. The van der Waals surface area contributed by atoms with Gasteiger partial charge in [0.2, 0.25) is 10.0 Å². The van der Waals surface area contributed by atoms with Crippen LogP contribution in [-0.4, -0.2) is 32.7 Å². The van der Waals surface area contributed by atoms with Crippen LogP contribution in [0, 0.1) is 5.92 Å². The molecule has 174 valence electrons. The Bertz CT molecular complexity index is 1220. The molecule has 1 aliphatic heterocycles. The molecule has 0 radical (unpaired) electrons. The van der Waals surface area contributed by atoms with Crippen LogP contribution in [0.1, 0.15) is 11.1 Å². The minimum Gasteiger partial charge on any atom is -0.455 e. The average Bonchev–Trinajstić information content (AvgIpc) is 2.77. The molecule has 10 heteroatoms. The summed E-state index contributed by atoms with van der Waals surface area (Å²) in [6.45, 7) is 0.619. The molecular weight excluding hydrogens is 455 g/mol.